The van der Waals surface area contributed by atoms with Crippen molar-refractivity contribution >= 4 is 17.1 Å². The average Bonchev–Trinajstić information content (AvgIpc) is 2.61. The second kappa shape index (κ2) is 3.88. The van der Waals surface area contributed by atoms with Gasteiger partial charge in [-0.1, -0.05) is 12.1 Å². The molecular formula is C10H7F2NO3. The molecule has 0 saturated carbocycles. The summed E-state index contributed by atoms with van der Waals surface area (Å²) in [5, 5.41) is 8.64. The van der Waals surface area contributed by atoms with Gasteiger partial charge in [0.05, 0.1) is 6.42 Å². The van der Waals surface area contributed by atoms with Crippen LogP contribution in [0.25, 0.3) is 11.1 Å². The Labute approximate surface area is 88.5 Å². The van der Waals surface area contributed by atoms with Gasteiger partial charge in [0.2, 0.25) is 0 Å². The molecule has 1 aromatic carbocycles. The highest BCUT2D eigenvalue weighted by Gasteiger charge is 2.17. The number of oxazole rings is 1. The Kier molecular flexibility index (Phi) is 2.55. The highest BCUT2D eigenvalue weighted by molar-refractivity contribution is 5.82. The summed E-state index contributed by atoms with van der Waals surface area (Å²) >= 11 is 0. The fourth-order valence-electron chi connectivity index (χ4n) is 1.42. The lowest BCUT2D eigenvalue weighted by Crippen LogP contribution is -2.00. The van der Waals surface area contributed by atoms with Crippen LogP contribution in [0.5, 0.6) is 0 Å². The molecule has 0 amide bonds. The van der Waals surface area contributed by atoms with Crippen molar-refractivity contribution < 1.29 is 23.1 Å². The first-order valence-electron chi connectivity index (χ1n) is 4.46. The first-order valence-corrected chi connectivity index (χ1v) is 4.46. The molecule has 0 aliphatic heterocycles. The Hall–Kier alpha value is -1.98. The highest BCUT2D eigenvalue weighted by atomic mass is 19.3. The summed E-state index contributed by atoms with van der Waals surface area (Å²) < 4.78 is 29.5. The molecular weight excluding hydrogens is 220 g/mol. The fourth-order valence-corrected chi connectivity index (χ4v) is 1.42. The first-order chi connectivity index (χ1) is 7.58. The van der Waals surface area contributed by atoms with Crippen molar-refractivity contribution in [1.82, 2.24) is 4.98 Å². The largest absolute Gasteiger partial charge is 0.481 e. The number of hydrogen-bond acceptors (Lipinski definition) is 3. The minimum absolute atomic E-state index is 0.175. The van der Waals surface area contributed by atoms with Crippen LogP contribution in [-0.4, -0.2) is 16.1 Å². The van der Waals surface area contributed by atoms with E-state index in [2.05, 4.69) is 4.98 Å². The van der Waals surface area contributed by atoms with E-state index in [1.807, 2.05) is 0 Å². The van der Waals surface area contributed by atoms with Gasteiger partial charge in [0, 0.05) is 0 Å². The number of fused-ring (bicyclic) bond motifs is 1. The van der Waals surface area contributed by atoms with Crippen molar-refractivity contribution in [3.05, 3.63) is 29.7 Å². The molecule has 0 aliphatic rings. The number of rotatable bonds is 3. The molecule has 0 atom stereocenters. The zero-order valence-corrected chi connectivity index (χ0v) is 7.98. The van der Waals surface area contributed by atoms with E-state index in [-0.39, 0.29) is 17.5 Å². The number of alkyl halides is 2. The lowest BCUT2D eigenvalue weighted by molar-refractivity contribution is -0.136. The molecule has 6 heteroatoms. The van der Waals surface area contributed by atoms with E-state index in [1.165, 1.54) is 12.1 Å². The quantitative estimate of drug-likeness (QED) is 0.874. The third-order valence-electron chi connectivity index (χ3n) is 2.05. The Morgan fingerprint density at radius 1 is 1.50 bits per heavy atom. The van der Waals surface area contributed by atoms with Gasteiger partial charge in [-0.2, -0.15) is 8.78 Å². The van der Waals surface area contributed by atoms with Crippen molar-refractivity contribution in [2.75, 3.05) is 0 Å². The van der Waals surface area contributed by atoms with Gasteiger partial charge in [-0.15, -0.1) is 0 Å². The van der Waals surface area contributed by atoms with Crippen LogP contribution in [0.3, 0.4) is 0 Å². The number of benzene rings is 1. The number of aromatic nitrogens is 1. The summed E-state index contributed by atoms with van der Waals surface area (Å²) in [5.41, 5.74) is 0.718. The van der Waals surface area contributed by atoms with Gasteiger partial charge in [0.1, 0.15) is 5.52 Å². The lowest BCUT2D eigenvalue weighted by atomic mass is 10.1. The van der Waals surface area contributed by atoms with Crippen LogP contribution in [0.15, 0.2) is 22.6 Å². The number of nitrogens with zero attached hydrogens (tertiary/aromatic N) is 1. The standard InChI is InChI=1S/C10H7F2NO3/c11-9(12)10-13-8-5(4-7(14)15)2-1-3-6(8)16-10/h1-3,9H,4H2,(H,14,15). The minimum Gasteiger partial charge on any atom is -0.481 e. The number of para-hydroxylation sites is 1. The van der Waals surface area contributed by atoms with Gasteiger partial charge in [0.25, 0.3) is 5.89 Å². The minimum atomic E-state index is -2.80. The van der Waals surface area contributed by atoms with Crippen molar-refractivity contribution in [3.63, 3.8) is 0 Å². The molecule has 0 radical (unpaired) electrons. The highest BCUT2D eigenvalue weighted by Crippen LogP contribution is 2.25. The number of carbonyl (C=O) groups is 1. The number of halogens is 2. The van der Waals surface area contributed by atoms with Crippen LogP contribution >= 0.6 is 0 Å². The molecule has 4 nitrogen and oxygen atoms in total. The Morgan fingerprint density at radius 2 is 2.25 bits per heavy atom. The maximum absolute atomic E-state index is 12.3. The van der Waals surface area contributed by atoms with Crippen LogP contribution in [0.2, 0.25) is 0 Å². The monoisotopic (exact) mass is 227 g/mol. The van der Waals surface area contributed by atoms with Crippen LogP contribution in [0.1, 0.15) is 17.9 Å². The number of hydrogen-bond donors (Lipinski definition) is 1. The summed E-state index contributed by atoms with van der Waals surface area (Å²) in [6.07, 6.45) is -3.07. The second-order valence-corrected chi connectivity index (χ2v) is 3.19. The molecule has 1 heterocycles. The molecule has 0 saturated heterocycles. The molecule has 0 bridgehead atoms. The zero-order valence-electron chi connectivity index (χ0n) is 7.98. The van der Waals surface area contributed by atoms with Crippen LogP contribution in [0.4, 0.5) is 8.78 Å². The molecule has 84 valence electrons. The molecule has 0 fully saturated rings. The summed E-state index contributed by atoms with van der Waals surface area (Å²) in [6.45, 7) is 0. The maximum atomic E-state index is 12.3. The average molecular weight is 227 g/mol. The van der Waals surface area contributed by atoms with E-state index in [0.717, 1.165) is 0 Å². The van der Waals surface area contributed by atoms with Gasteiger partial charge in [0.15, 0.2) is 5.58 Å². The van der Waals surface area contributed by atoms with Crippen molar-refractivity contribution in [3.8, 4) is 0 Å². The van der Waals surface area contributed by atoms with Crippen molar-refractivity contribution in [1.29, 1.82) is 0 Å². The molecule has 1 N–H and O–H groups in total. The van der Waals surface area contributed by atoms with Gasteiger partial charge in [-0.25, -0.2) is 4.98 Å². The molecule has 0 spiro atoms. The van der Waals surface area contributed by atoms with Gasteiger partial charge in [-0.3, -0.25) is 4.79 Å². The summed E-state index contributed by atoms with van der Waals surface area (Å²) in [4.78, 5) is 14.1. The smallest absolute Gasteiger partial charge is 0.313 e. The maximum Gasteiger partial charge on any atom is 0.313 e. The van der Waals surface area contributed by atoms with E-state index in [0.29, 0.717) is 5.56 Å². The lowest BCUT2D eigenvalue weighted by Gasteiger charge is -1.95. The SMILES string of the molecule is O=C(O)Cc1cccc2oc(C(F)F)nc12. The Bertz CT molecular complexity index is 536. The molecule has 16 heavy (non-hydrogen) atoms. The summed E-state index contributed by atoms with van der Waals surface area (Å²) in [6, 6.07) is 4.54. The predicted octanol–water partition coefficient (Wildman–Crippen LogP) is 2.39. The van der Waals surface area contributed by atoms with E-state index in [1.54, 1.807) is 6.07 Å². The molecule has 2 rings (SSSR count). The van der Waals surface area contributed by atoms with Crippen LogP contribution in [-0.2, 0) is 11.2 Å². The Balaban J connectivity index is 2.54. The first kappa shape index (κ1) is 10.5. The summed E-state index contributed by atoms with van der Waals surface area (Å²) in [5.74, 6) is -1.73. The topological polar surface area (TPSA) is 63.3 Å². The number of carboxylic acid groups (broad SMARTS) is 1. The van der Waals surface area contributed by atoms with Gasteiger partial charge >= 0.3 is 12.4 Å². The van der Waals surface area contributed by atoms with Crippen LogP contribution < -0.4 is 0 Å². The van der Waals surface area contributed by atoms with Crippen molar-refractivity contribution in [2.45, 2.75) is 12.8 Å². The molecule has 1 aromatic heterocycles. The molecule has 2 aromatic rings. The van der Waals surface area contributed by atoms with E-state index in [4.69, 9.17) is 9.52 Å². The fraction of sp³-hybridized carbons (Fsp3) is 0.200. The zero-order chi connectivity index (χ0) is 11.7. The third kappa shape index (κ3) is 1.86. The van der Waals surface area contributed by atoms with Gasteiger partial charge in [-0.05, 0) is 11.6 Å². The van der Waals surface area contributed by atoms with E-state index in [9.17, 15) is 13.6 Å². The summed E-state index contributed by atoms with van der Waals surface area (Å²) in [7, 11) is 0. The molecule has 0 aliphatic carbocycles. The third-order valence-corrected chi connectivity index (χ3v) is 2.05. The van der Waals surface area contributed by atoms with Crippen LogP contribution in [0, 0.1) is 0 Å². The predicted molar refractivity (Wildman–Crippen MR) is 50.3 cm³/mol. The Morgan fingerprint density at radius 3 is 2.88 bits per heavy atom. The normalized spacial score (nSPS) is 11.2. The second-order valence-electron chi connectivity index (χ2n) is 3.19. The van der Waals surface area contributed by atoms with Gasteiger partial charge < -0.3 is 9.52 Å². The van der Waals surface area contributed by atoms with E-state index >= 15 is 0 Å². The number of carboxylic acids is 1. The molecule has 0 unspecified atom stereocenters. The number of aliphatic carboxylic acids is 1. The van der Waals surface area contributed by atoms with E-state index < -0.39 is 18.3 Å². The van der Waals surface area contributed by atoms with Crippen molar-refractivity contribution in [2.24, 2.45) is 0 Å².